The minimum absolute atomic E-state index is 0.475. The zero-order valence-corrected chi connectivity index (χ0v) is 20.1. The monoisotopic (exact) mass is 474 g/mol. The van der Waals surface area contributed by atoms with Crippen molar-refractivity contribution in [3.8, 4) is 28.4 Å². The highest BCUT2D eigenvalue weighted by Crippen LogP contribution is 2.36. The van der Waals surface area contributed by atoms with E-state index in [1.165, 1.54) is 6.42 Å². The number of aromatic nitrogens is 4. The molecule has 6 rings (SSSR count). The van der Waals surface area contributed by atoms with Crippen LogP contribution in [0, 0.1) is 12.5 Å². The third-order valence-electron chi connectivity index (χ3n) is 6.86. The number of ether oxygens (including phenoxy) is 1. The van der Waals surface area contributed by atoms with Crippen LogP contribution in [0.4, 0.5) is 5.69 Å². The van der Waals surface area contributed by atoms with Gasteiger partial charge in [0, 0.05) is 29.6 Å². The third kappa shape index (κ3) is 4.16. The van der Waals surface area contributed by atoms with Gasteiger partial charge >= 0.3 is 0 Å². The van der Waals surface area contributed by atoms with Crippen LogP contribution in [-0.2, 0) is 0 Å². The zero-order valence-electron chi connectivity index (χ0n) is 20.1. The van der Waals surface area contributed by atoms with Gasteiger partial charge < -0.3 is 9.64 Å². The summed E-state index contributed by atoms with van der Waals surface area (Å²) in [5.41, 5.74) is 6.01. The van der Waals surface area contributed by atoms with Gasteiger partial charge in [-0.2, -0.15) is 0 Å². The average molecular weight is 475 g/mol. The van der Waals surface area contributed by atoms with Crippen LogP contribution in [0.25, 0.3) is 43.8 Å². The van der Waals surface area contributed by atoms with Gasteiger partial charge in [0.2, 0.25) is 5.88 Å². The fourth-order valence-corrected chi connectivity index (χ4v) is 5.06. The van der Waals surface area contributed by atoms with E-state index in [4.69, 9.17) is 16.3 Å². The van der Waals surface area contributed by atoms with Crippen LogP contribution in [0.2, 0.25) is 0 Å². The van der Waals surface area contributed by atoms with E-state index in [9.17, 15) is 0 Å². The molecule has 0 N–H and O–H groups in total. The summed E-state index contributed by atoms with van der Waals surface area (Å²) in [6, 6.07) is 17.8. The smallest absolute Gasteiger partial charge is 0.240 e. The van der Waals surface area contributed by atoms with Crippen molar-refractivity contribution in [2.45, 2.75) is 12.8 Å². The molecule has 1 aliphatic heterocycles. The minimum Gasteiger partial charge on any atom is -0.476 e. The average Bonchev–Trinajstić information content (AvgIpc) is 3.41. The van der Waals surface area contributed by atoms with Crippen molar-refractivity contribution in [2.75, 3.05) is 26.7 Å². The number of pyridine rings is 1. The van der Waals surface area contributed by atoms with Crippen LogP contribution in [0.1, 0.15) is 12.8 Å². The first-order valence-electron chi connectivity index (χ1n) is 12.2. The molecule has 0 spiro atoms. The topological polar surface area (TPSA) is 59.9 Å². The highest BCUT2D eigenvalue weighted by molar-refractivity contribution is 5.89. The lowest BCUT2D eigenvalue weighted by Crippen LogP contribution is -2.34. The quantitative estimate of drug-likeness (QED) is 0.298. The van der Waals surface area contributed by atoms with Gasteiger partial charge in [0.05, 0.1) is 42.6 Å². The molecule has 0 unspecified atom stereocenters. The fraction of sp³-hybridized carbons (Fsp3) is 0.241. The molecule has 7 heteroatoms. The highest BCUT2D eigenvalue weighted by atomic mass is 16.5. The van der Waals surface area contributed by atoms with Gasteiger partial charge in [-0.1, -0.05) is 36.4 Å². The fourth-order valence-electron chi connectivity index (χ4n) is 5.06. The van der Waals surface area contributed by atoms with E-state index in [2.05, 4.69) is 49.4 Å². The summed E-state index contributed by atoms with van der Waals surface area (Å²) in [6.07, 6.45) is 7.78. The summed E-state index contributed by atoms with van der Waals surface area (Å²) in [5, 5.41) is 1.05. The van der Waals surface area contributed by atoms with E-state index in [1.54, 1.807) is 6.20 Å². The molecular formula is C29H26N6O. The Morgan fingerprint density at radius 2 is 1.97 bits per heavy atom. The summed E-state index contributed by atoms with van der Waals surface area (Å²) >= 11 is 0. The molecule has 36 heavy (non-hydrogen) atoms. The van der Waals surface area contributed by atoms with E-state index < -0.39 is 0 Å². The van der Waals surface area contributed by atoms with Crippen molar-refractivity contribution in [3.05, 3.63) is 84.7 Å². The number of hydrogen-bond donors (Lipinski definition) is 0. The van der Waals surface area contributed by atoms with Gasteiger partial charge in [-0.3, -0.25) is 9.38 Å². The summed E-state index contributed by atoms with van der Waals surface area (Å²) in [6.45, 7) is 10.1. The van der Waals surface area contributed by atoms with Crippen molar-refractivity contribution in [2.24, 2.45) is 5.92 Å². The number of benzene rings is 2. The van der Waals surface area contributed by atoms with E-state index >= 15 is 0 Å². The molecule has 1 aliphatic rings. The zero-order chi connectivity index (χ0) is 24.5. The van der Waals surface area contributed by atoms with Crippen LogP contribution in [0.3, 0.4) is 0 Å². The summed E-state index contributed by atoms with van der Waals surface area (Å²) in [7, 11) is 2.17. The molecule has 1 saturated heterocycles. The third-order valence-corrected chi connectivity index (χ3v) is 6.86. The lowest BCUT2D eigenvalue weighted by molar-refractivity contribution is 0.148. The van der Waals surface area contributed by atoms with E-state index in [-0.39, 0.29) is 0 Å². The van der Waals surface area contributed by atoms with E-state index in [1.807, 2.05) is 48.9 Å². The van der Waals surface area contributed by atoms with Crippen LogP contribution < -0.4 is 4.74 Å². The molecular weight excluding hydrogens is 448 g/mol. The Balaban J connectivity index is 1.49. The Morgan fingerprint density at radius 1 is 1.11 bits per heavy atom. The van der Waals surface area contributed by atoms with Crippen molar-refractivity contribution in [3.63, 3.8) is 0 Å². The van der Waals surface area contributed by atoms with Gasteiger partial charge in [0.25, 0.3) is 0 Å². The predicted octanol–water partition coefficient (Wildman–Crippen LogP) is 5.88. The van der Waals surface area contributed by atoms with Gasteiger partial charge in [-0.05, 0) is 50.2 Å². The maximum absolute atomic E-state index is 7.33. The van der Waals surface area contributed by atoms with Crippen LogP contribution >= 0.6 is 0 Å². The molecule has 1 fully saturated rings. The molecule has 0 amide bonds. The van der Waals surface area contributed by atoms with Crippen LogP contribution in [-0.4, -0.2) is 51.0 Å². The number of rotatable bonds is 5. The lowest BCUT2D eigenvalue weighted by Gasteiger charge is -2.29. The molecule has 0 saturated carbocycles. The van der Waals surface area contributed by atoms with Gasteiger partial charge in [0.15, 0.2) is 5.69 Å². The minimum atomic E-state index is 0.475. The van der Waals surface area contributed by atoms with E-state index in [0.29, 0.717) is 24.1 Å². The molecule has 0 bridgehead atoms. The number of nitrogens with zero attached hydrogens (tertiary/aromatic N) is 6. The number of piperidine rings is 1. The first kappa shape index (κ1) is 22.2. The van der Waals surface area contributed by atoms with Gasteiger partial charge in [0.1, 0.15) is 5.52 Å². The number of imidazole rings is 1. The number of fused-ring (bicyclic) bond motifs is 2. The SMILES string of the molecule is [C-]#[N+]c1ccc(-c2nc(OC[C@@H]3CCCN(C)C3)c3cncn3c2-c2ccc3ncccc3c2)cc1. The van der Waals surface area contributed by atoms with Crippen molar-refractivity contribution in [1.29, 1.82) is 0 Å². The first-order valence-corrected chi connectivity index (χ1v) is 12.2. The number of hydrogen-bond acceptors (Lipinski definition) is 5. The van der Waals surface area contributed by atoms with Crippen molar-refractivity contribution >= 4 is 22.1 Å². The van der Waals surface area contributed by atoms with Crippen LogP contribution in [0.15, 0.2) is 73.3 Å². The molecule has 178 valence electrons. The van der Waals surface area contributed by atoms with Gasteiger partial charge in [-0.15, -0.1) is 0 Å². The Kier molecular flexibility index (Phi) is 5.80. The second-order valence-electron chi connectivity index (χ2n) is 9.41. The van der Waals surface area contributed by atoms with Crippen molar-refractivity contribution in [1.82, 2.24) is 24.3 Å². The molecule has 0 aliphatic carbocycles. The summed E-state index contributed by atoms with van der Waals surface area (Å²) < 4.78 is 8.44. The molecule has 3 aromatic heterocycles. The Morgan fingerprint density at radius 3 is 2.81 bits per heavy atom. The van der Waals surface area contributed by atoms with E-state index in [0.717, 1.165) is 58.4 Å². The first-order chi connectivity index (χ1) is 17.7. The van der Waals surface area contributed by atoms with Gasteiger partial charge in [-0.25, -0.2) is 14.8 Å². The molecule has 2 aromatic carbocycles. The predicted molar refractivity (Wildman–Crippen MR) is 141 cm³/mol. The number of likely N-dealkylation sites (tertiary alicyclic amines) is 1. The highest BCUT2D eigenvalue weighted by Gasteiger charge is 2.22. The molecule has 7 nitrogen and oxygen atoms in total. The standard InChI is InChI=1S/C29H26N6O/c1-30-24-10-7-21(8-11-24)27-28(23-9-12-25-22(15-23)6-3-13-32-25)35-19-31-16-26(35)29(33-27)36-18-20-5-4-14-34(2)17-20/h3,6-13,15-16,19-20H,4-5,14,17-18H2,2H3/t20-/m1/s1. The van der Waals surface area contributed by atoms with Crippen LogP contribution in [0.5, 0.6) is 5.88 Å². The molecule has 1 atom stereocenters. The Bertz CT molecular complexity index is 1580. The maximum Gasteiger partial charge on any atom is 0.240 e. The summed E-state index contributed by atoms with van der Waals surface area (Å²) in [5.74, 6) is 1.05. The Hall–Kier alpha value is -4.28. The lowest BCUT2D eigenvalue weighted by atomic mass is 9.99. The van der Waals surface area contributed by atoms with Crippen molar-refractivity contribution < 1.29 is 4.74 Å². The Labute approximate surface area is 209 Å². The molecule has 5 aromatic rings. The summed E-state index contributed by atoms with van der Waals surface area (Å²) in [4.78, 5) is 19.9. The second kappa shape index (κ2) is 9.40. The molecule has 4 heterocycles. The molecule has 0 radical (unpaired) electrons. The maximum atomic E-state index is 7.33. The largest absolute Gasteiger partial charge is 0.476 e. The normalized spacial score (nSPS) is 16.3. The second-order valence-corrected chi connectivity index (χ2v) is 9.41.